The van der Waals surface area contributed by atoms with Gasteiger partial charge in [0.25, 0.3) is 0 Å². The molecular formula is C33H39N5O6. The lowest BCUT2D eigenvalue weighted by Gasteiger charge is -2.39. The van der Waals surface area contributed by atoms with Crippen LogP contribution in [0, 0.1) is 17.8 Å². The molecule has 0 aliphatic carbocycles. The van der Waals surface area contributed by atoms with E-state index in [1.807, 2.05) is 68.4 Å². The van der Waals surface area contributed by atoms with Crippen molar-refractivity contribution in [3.05, 3.63) is 72.8 Å². The molecule has 3 aliphatic rings. The van der Waals surface area contributed by atoms with Crippen LogP contribution < -0.4 is 0 Å². The molecule has 3 aromatic rings. The predicted octanol–water partition coefficient (Wildman–Crippen LogP) is 2.58. The molecule has 2 aromatic carbocycles. The number of nitrogens with zero attached hydrogens (tertiary/aromatic N) is 5. The highest BCUT2D eigenvalue weighted by molar-refractivity contribution is 5.99. The van der Waals surface area contributed by atoms with Gasteiger partial charge < -0.3 is 24.4 Å². The second kappa shape index (κ2) is 11.4. The number of hydrogen-bond donors (Lipinski definition) is 1. The summed E-state index contributed by atoms with van der Waals surface area (Å²) in [5.74, 6) is -3.20. The van der Waals surface area contributed by atoms with Gasteiger partial charge >= 0.3 is 5.97 Å². The van der Waals surface area contributed by atoms with Crippen LogP contribution in [0.1, 0.15) is 32.8 Å². The van der Waals surface area contributed by atoms with Gasteiger partial charge in [0.1, 0.15) is 29.7 Å². The van der Waals surface area contributed by atoms with Crippen LogP contribution in [-0.2, 0) is 36.9 Å². The highest BCUT2D eigenvalue weighted by atomic mass is 16.6. The summed E-state index contributed by atoms with van der Waals surface area (Å²) in [6.07, 6.45) is 2.35. The number of esters is 1. The SMILES string of the molecule is C=CCN(Cn1nnc2ccccc21)C(=O)C1N([C@@H](CO)Cc2ccccc2)C(=O)[C@@H]2[C@@H](C(=O)OCC)[C@]3(C)OC12CC3C. The Morgan fingerprint density at radius 2 is 1.95 bits per heavy atom. The van der Waals surface area contributed by atoms with Crippen LogP contribution >= 0.6 is 0 Å². The van der Waals surface area contributed by atoms with Crippen LogP contribution in [0.5, 0.6) is 0 Å². The van der Waals surface area contributed by atoms with Crippen molar-refractivity contribution in [3.63, 3.8) is 0 Å². The van der Waals surface area contributed by atoms with E-state index in [1.54, 1.807) is 22.6 Å². The zero-order valence-electron chi connectivity index (χ0n) is 25.3. The summed E-state index contributed by atoms with van der Waals surface area (Å²) in [4.78, 5) is 46.1. The lowest BCUT2D eigenvalue weighted by atomic mass is 9.62. The van der Waals surface area contributed by atoms with Gasteiger partial charge in [-0.1, -0.05) is 60.7 Å². The second-order valence-electron chi connectivity index (χ2n) is 12.3. The molecule has 1 N–H and O–H groups in total. The van der Waals surface area contributed by atoms with Crippen molar-refractivity contribution >= 4 is 28.8 Å². The van der Waals surface area contributed by atoms with E-state index in [2.05, 4.69) is 16.9 Å². The molecule has 6 rings (SSSR count). The maximum atomic E-state index is 14.9. The summed E-state index contributed by atoms with van der Waals surface area (Å²) in [6.45, 7) is 9.46. The number of benzene rings is 2. The van der Waals surface area contributed by atoms with Crippen molar-refractivity contribution < 1.29 is 29.0 Å². The largest absolute Gasteiger partial charge is 0.466 e. The van der Waals surface area contributed by atoms with Crippen LogP contribution in [-0.4, -0.2) is 90.7 Å². The van der Waals surface area contributed by atoms with Crippen molar-refractivity contribution in [2.24, 2.45) is 17.8 Å². The van der Waals surface area contributed by atoms with Gasteiger partial charge in [-0.2, -0.15) is 0 Å². The number of carbonyl (C=O) groups is 3. The Morgan fingerprint density at radius 3 is 2.66 bits per heavy atom. The van der Waals surface area contributed by atoms with Gasteiger partial charge in [0.15, 0.2) is 0 Å². The average Bonchev–Trinajstić information content (AvgIpc) is 3.69. The molecular weight excluding hydrogens is 562 g/mol. The highest BCUT2D eigenvalue weighted by Gasteiger charge is 2.80. The Kier molecular flexibility index (Phi) is 7.79. The number of ether oxygens (including phenoxy) is 2. The number of aliphatic hydroxyl groups excluding tert-OH is 1. The van der Waals surface area contributed by atoms with Gasteiger partial charge in [0.05, 0.1) is 36.3 Å². The Balaban J connectivity index is 1.45. The maximum absolute atomic E-state index is 14.9. The van der Waals surface area contributed by atoms with E-state index in [0.717, 1.165) is 11.1 Å². The van der Waals surface area contributed by atoms with Crippen LogP contribution in [0.25, 0.3) is 11.0 Å². The third-order valence-electron chi connectivity index (χ3n) is 9.83. The zero-order valence-corrected chi connectivity index (χ0v) is 25.3. The molecule has 3 saturated heterocycles. The number of amides is 2. The molecule has 1 spiro atoms. The van der Waals surface area contributed by atoms with Gasteiger partial charge in [0, 0.05) is 6.54 Å². The third kappa shape index (κ3) is 4.52. The summed E-state index contributed by atoms with van der Waals surface area (Å²) < 4.78 is 14.0. The summed E-state index contributed by atoms with van der Waals surface area (Å²) in [5.41, 5.74) is 0.0767. The Hall–Kier alpha value is -4.09. The van der Waals surface area contributed by atoms with Crippen molar-refractivity contribution in [2.75, 3.05) is 19.8 Å². The zero-order chi connectivity index (χ0) is 31.2. The van der Waals surface area contributed by atoms with E-state index < -0.39 is 41.1 Å². The van der Waals surface area contributed by atoms with Crippen LogP contribution in [0.2, 0.25) is 0 Å². The van der Waals surface area contributed by atoms with E-state index in [-0.39, 0.29) is 44.2 Å². The van der Waals surface area contributed by atoms with E-state index in [1.165, 1.54) is 4.90 Å². The molecule has 3 fully saturated rings. The van der Waals surface area contributed by atoms with E-state index >= 15 is 0 Å². The van der Waals surface area contributed by atoms with Gasteiger partial charge in [-0.15, -0.1) is 11.7 Å². The van der Waals surface area contributed by atoms with Gasteiger partial charge in [-0.25, -0.2) is 4.68 Å². The second-order valence-corrected chi connectivity index (χ2v) is 12.3. The lowest BCUT2D eigenvalue weighted by molar-refractivity contribution is -0.163. The van der Waals surface area contributed by atoms with Crippen LogP contribution in [0.3, 0.4) is 0 Å². The fourth-order valence-electron chi connectivity index (χ4n) is 7.81. The molecule has 44 heavy (non-hydrogen) atoms. The van der Waals surface area contributed by atoms with Gasteiger partial charge in [-0.05, 0) is 50.3 Å². The molecule has 4 heterocycles. The van der Waals surface area contributed by atoms with E-state index in [0.29, 0.717) is 18.4 Å². The molecule has 0 radical (unpaired) electrons. The minimum atomic E-state index is -1.28. The Morgan fingerprint density at radius 1 is 1.23 bits per heavy atom. The average molecular weight is 602 g/mol. The van der Waals surface area contributed by atoms with Gasteiger partial charge in [0.2, 0.25) is 11.8 Å². The van der Waals surface area contributed by atoms with Crippen molar-refractivity contribution in [1.82, 2.24) is 24.8 Å². The molecule has 7 atom stereocenters. The minimum absolute atomic E-state index is 0.0568. The Labute approximate surface area is 256 Å². The first-order valence-corrected chi connectivity index (χ1v) is 15.2. The molecule has 0 saturated carbocycles. The third-order valence-corrected chi connectivity index (χ3v) is 9.83. The topological polar surface area (TPSA) is 127 Å². The monoisotopic (exact) mass is 601 g/mol. The summed E-state index contributed by atoms with van der Waals surface area (Å²) >= 11 is 0. The summed E-state index contributed by atoms with van der Waals surface area (Å²) in [5, 5.41) is 19.3. The molecule has 2 amide bonds. The smallest absolute Gasteiger partial charge is 0.312 e. The van der Waals surface area contributed by atoms with E-state index in [4.69, 9.17) is 9.47 Å². The van der Waals surface area contributed by atoms with Crippen molar-refractivity contribution in [2.45, 2.75) is 63.6 Å². The number of rotatable bonds is 11. The van der Waals surface area contributed by atoms with Gasteiger partial charge in [-0.3, -0.25) is 14.4 Å². The predicted molar refractivity (Wildman–Crippen MR) is 161 cm³/mol. The van der Waals surface area contributed by atoms with Crippen molar-refractivity contribution in [3.8, 4) is 0 Å². The van der Waals surface area contributed by atoms with Crippen LogP contribution in [0.15, 0.2) is 67.3 Å². The number of aliphatic hydroxyl groups is 1. The first-order valence-electron chi connectivity index (χ1n) is 15.2. The number of likely N-dealkylation sites (tertiary alicyclic amines) is 1. The normalized spacial score (nSPS) is 29.5. The van der Waals surface area contributed by atoms with Crippen molar-refractivity contribution in [1.29, 1.82) is 0 Å². The minimum Gasteiger partial charge on any atom is -0.466 e. The quantitative estimate of drug-likeness (QED) is 0.263. The highest BCUT2D eigenvalue weighted by Crippen LogP contribution is 2.65. The fourth-order valence-corrected chi connectivity index (χ4v) is 7.81. The molecule has 11 heteroatoms. The number of hydrogen-bond acceptors (Lipinski definition) is 8. The van der Waals surface area contributed by atoms with Crippen LogP contribution in [0.4, 0.5) is 0 Å². The fraction of sp³-hybridized carbons (Fsp3) is 0.485. The molecule has 2 bridgehead atoms. The standard InChI is InChI=1S/C33H39N5O6/c1-5-16-36(20-37-25-15-11-10-14-24(25)34-35-37)30(41)28-33-18-21(3)32(4,44-33)27(31(42)43-6-2)26(33)29(40)38(28)23(19-39)17-22-12-8-7-9-13-22/h5,7-15,21,23,26-28,39H,1,6,16-20H2,2-4H3/t21?,23-,26+,27+,28?,32-,33?/m1/s1. The first kappa shape index (κ1) is 30.0. The number of aromatic nitrogens is 3. The maximum Gasteiger partial charge on any atom is 0.312 e. The molecule has 232 valence electrons. The molecule has 11 nitrogen and oxygen atoms in total. The first-order chi connectivity index (χ1) is 21.2. The number of carbonyl (C=O) groups excluding carboxylic acids is 3. The summed E-state index contributed by atoms with van der Waals surface area (Å²) in [7, 11) is 0. The Bertz CT molecular complexity index is 1580. The summed E-state index contributed by atoms with van der Waals surface area (Å²) in [6, 6.07) is 15.2. The molecule has 3 unspecified atom stereocenters. The molecule has 3 aliphatic heterocycles. The number of para-hydroxylation sites is 1. The lowest BCUT2D eigenvalue weighted by Crippen LogP contribution is -2.59. The number of fused-ring (bicyclic) bond motifs is 2. The van der Waals surface area contributed by atoms with E-state index in [9.17, 15) is 19.5 Å². The molecule has 1 aromatic heterocycles.